The van der Waals surface area contributed by atoms with Gasteiger partial charge in [0, 0.05) is 12.5 Å². The Labute approximate surface area is 144 Å². The van der Waals surface area contributed by atoms with Crippen LogP contribution in [0.3, 0.4) is 0 Å². The minimum Gasteiger partial charge on any atom is -0.473 e. The van der Waals surface area contributed by atoms with Crippen LogP contribution in [0.1, 0.15) is 50.6 Å². The maximum absolute atomic E-state index is 11.9. The molecule has 2 aliphatic rings. The zero-order valence-corrected chi connectivity index (χ0v) is 14.6. The molecule has 4 heteroatoms. The van der Waals surface area contributed by atoms with Crippen LogP contribution in [0.4, 0.5) is 0 Å². The van der Waals surface area contributed by atoms with Crippen molar-refractivity contribution in [1.29, 1.82) is 0 Å². The zero-order chi connectivity index (χ0) is 16.8. The van der Waals surface area contributed by atoms with E-state index < -0.39 is 0 Å². The molecule has 0 aliphatic carbocycles. The Kier molecular flexibility index (Phi) is 6.02. The summed E-state index contributed by atoms with van der Waals surface area (Å²) in [5, 5.41) is 0. The number of nitrogens with zero attached hydrogens (tertiary/aromatic N) is 2. The van der Waals surface area contributed by atoms with Crippen molar-refractivity contribution in [2.24, 2.45) is 10.9 Å². The molecular formula is C20H28N2O2. The first kappa shape index (κ1) is 17.2. The molecule has 1 fully saturated rings. The van der Waals surface area contributed by atoms with Crippen molar-refractivity contribution in [3.63, 3.8) is 0 Å². The summed E-state index contributed by atoms with van der Waals surface area (Å²) >= 11 is 0. The summed E-state index contributed by atoms with van der Waals surface area (Å²) in [5.41, 5.74) is 1.40. The molecule has 4 nitrogen and oxygen atoms in total. The highest BCUT2D eigenvalue weighted by Gasteiger charge is 2.24. The second-order valence-corrected chi connectivity index (χ2v) is 6.92. The number of likely N-dealkylation sites (tertiary alicyclic amines) is 1. The number of benzene rings is 1. The molecule has 1 aromatic rings. The van der Waals surface area contributed by atoms with E-state index in [1.54, 1.807) is 0 Å². The van der Waals surface area contributed by atoms with Crippen molar-refractivity contribution in [3.8, 4) is 0 Å². The van der Waals surface area contributed by atoms with Crippen LogP contribution in [0.2, 0.25) is 0 Å². The van der Waals surface area contributed by atoms with Gasteiger partial charge >= 0.3 is 0 Å². The van der Waals surface area contributed by atoms with Crippen molar-refractivity contribution in [3.05, 3.63) is 35.9 Å². The highest BCUT2D eigenvalue weighted by atomic mass is 16.5. The quantitative estimate of drug-likeness (QED) is 0.767. The van der Waals surface area contributed by atoms with Gasteiger partial charge in [0.15, 0.2) is 0 Å². The van der Waals surface area contributed by atoms with Gasteiger partial charge < -0.3 is 4.74 Å². The van der Waals surface area contributed by atoms with Crippen molar-refractivity contribution in [2.75, 3.05) is 26.2 Å². The highest BCUT2D eigenvalue weighted by molar-refractivity contribution is 6.36. The number of carbonyl (C=O) groups excluding carboxylic acids is 1. The molecule has 130 valence electrons. The number of rotatable bonds is 7. The summed E-state index contributed by atoms with van der Waals surface area (Å²) < 4.78 is 5.23. The maximum Gasteiger partial charge on any atom is 0.253 e. The van der Waals surface area contributed by atoms with E-state index in [1.807, 2.05) is 0 Å². The topological polar surface area (TPSA) is 41.9 Å². The lowest BCUT2D eigenvalue weighted by Crippen LogP contribution is -2.35. The Morgan fingerprint density at radius 2 is 2.04 bits per heavy atom. The molecule has 1 aromatic carbocycles. The zero-order valence-electron chi connectivity index (χ0n) is 14.6. The van der Waals surface area contributed by atoms with Gasteiger partial charge in [0.1, 0.15) is 6.61 Å². The lowest BCUT2D eigenvalue weighted by Gasteiger charge is -2.36. The van der Waals surface area contributed by atoms with E-state index in [-0.39, 0.29) is 5.78 Å². The van der Waals surface area contributed by atoms with Crippen LogP contribution in [-0.2, 0) is 9.53 Å². The fourth-order valence-electron chi connectivity index (χ4n) is 3.73. The van der Waals surface area contributed by atoms with Gasteiger partial charge in [-0.1, -0.05) is 30.3 Å². The molecule has 0 aromatic heterocycles. The van der Waals surface area contributed by atoms with Crippen molar-refractivity contribution in [2.45, 2.75) is 45.1 Å². The third kappa shape index (κ3) is 4.44. The average molecular weight is 328 g/mol. The van der Waals surface area contributed by atoms with Gasteiger partial charge in [-0.05, 0) is 57.2 Å². The van der Waals surface area contributed by atoms with Crippen molar-refractivity contribution < 1.29 is 9.53 Å². The predicted molar refractivity (Wildman–Crippen MR) is 96.3 cm³/mol. The lowest BCUT2D eigenvalue weighted by atomic mass is 9.90. The van der Waals surface area contributed by atoms with E-state index in [9.17, 15) is 4.79 Å². The van der Waals surface area contributed by atoms with Crippen molar-refractivity contribution in [1.82, 2.24) is 4.90 Å². The average Bonchev–Trinajstić information content (AvgIpc) is 3.17. The number of hydrogen-bond donors (Lipinski definition) is 0. The molecule has 2 aliphatic heterocycles. The first-order chi connectivity index (χ1) is 11.7. The summed E-state index contributed by atoms with van der Waals surface area (Å²) in [6, 6.07) is 11.2. The molecule has 1 unspecified atom stereocenters. The number of Topliss-reactive ketones (excluding diaryl/α,β-unsaturated/α-hetero) is 1. The number of aliphatic imine (C=N–C) groups is 1. The van der Waals surface area contributed by atoms with Gasteiger partial charge in [0.25, 0.3) is 5.90 Å². The minimum absolute atomic E-state index is 0.0858. The molecule has 0 amide bonds. The Balaban J connectivity index is 1.37. The van der Waals surface area contributed by atoms with E-state index in [2.05, 4.69) is 47.1 Å². The normalized spacial score (nSPS) is 20.5. The number of carbonyl (C=O) groups is 1. The standard InChI is InChI=1S/C20H28N2O2/c1-16(18-7-3-2-4-8-18)22-13-10-17(11-14-22)6-5-9-19(23)20-21-12-15-24-20/h2-4,7-8,16-17H,5-6,9-15H2,1H3. The molecule has 3 rings (SSSR count). The summed E-state index contributed by atoms with van der Waals surface area (Å²) in [6.07, 6.45) is 5.16. The van der Waals surface area contributed by atoms with Gasteiger partial charge in [-0.15, -0.1) is 0 Å². The van der Waals surface area contributed by atoms with E-state index >= 15 is 0 Å². The van der Waals surface area contributed by atoms with Gasteiger partial charge in [0.05, 0.1) is 6.54 Å². The second kappa shape index (κ2) is 8.43. The van der Waals surface area contributed by atoms with Crippen LogP contribution in [-0.4, -0.2) is 42.8 Å². The molecule has 0 saturated carbocycles. The maximum atomic E-state index is 11.9. The van der Waals surface area contributed by atoms with Crippen molar-refractivity contribution >= 4 is 11.7 Å². The van der Waals surface area contributed by atoms with E-state index in [1.165, 1.54) is 18.4 Å². The molecular weight excluding hydrogens is 300 g/mol. The third-order valence-corrected chi connectivity index (χ3v) is 5.32. The molecule has 0 radical (unpaired) electrons. The van der Waals surface area contributed by atoms with E-state index in [0.717, 1.165) is 31.8 Å². The number of ketones is 1. The highest BCUT2D eigenvalue weighted by Crippen LogP contribution is 2.28. The number of hydrogen-bond acceptors (Lipinski definition) is 4. The van der Waals surface area contributed by atoms with Crippen LogP contribution in [0, 0.1) is 5.92 Å². The Hall–Kier alpha value is -1.68. The van der Waals surface area contributed by atoms with E-state index in [0.29, 0.717) is 31.5 Å². The molecule has 1 saturated heterocycles. The Bertz CT molecular complexity index is 562. The van der Waals surface area contributed by atoms with E-state index in [4.69, 9.17) is 4.74 Å². The van der Waals surface area contributed by atoms with Crippen LogP contribution in [0.15, 0.2) is 35.3 Å². The SMILES string of the molecule is CC(c1ccccc1)N1CCC(CCCC(=O)C2=NCCO2)CC1. The molecule has 0 spiro atoms. The summed E-state index contributed by atoms with van der Waals surface area (Å²) in [4.78, 5) is 18.6. The molecule has 0 N–H and O–H groups in total. The molecule has 0 bridgehead atoms. The fourth-order valence-corrected chi connectivity index (χ4v) is 3.73. The predicted octanol–water partition coefficient (Wildman–Crippen LogP) is 3.63. The Morgan fingerprint density at radius 3 is 2.71 bits per heavy atom. The molecule has 1 atom stereocenters. The van der Waals surface area contributed by atoms with Gasteiger partial charge in [0.2, 0.25) is 5.78 Å². The second-order valence-electron chi connectivity index (χ2n) is 6.92. The monoisotopic (exact) mass is 328 g/mol. The first-order valence-corrected chi connectivity index (χ1v) is 9.23. The van der Waals surface area contributed by atoms with Gasteiger partial charge in [-0.25, -0.2) is 4.99 Å². The van der Waals surface area contributed by atoms with Crippen LogP contribution >= 0.6 is 0 Å². The largest absolute Gasteiger partial charge is 0.473 e. The third-order valence-electron chi connectivity index (χ3n) is 5.32. The molecule has 24 heavy (non-hydrogen) atoms. The minimum atomic E-state index is 0.0858. The first-order valence-electron chi connectivity index (χ1n) is 9.23. The Morgan fingerprint density at radius 1 is 1.29 bits per heavy atom. The van der Waals surface area contributed by atoms with Crippen LogP contribution in [0.25, 0.3) is 0 Å². The van der Waals surface area contributed by atoms with Gasteiger partial charge in [-0.2, -0.15) is 0 Å². The van der Waals surface area contributed by atoms with Gasteiger partial charge in [-0.3, -0.25) is 9.69 Å². The number of piperidine rings is 1. The lowest BCUT2D eigenvalue weighted by molar-refractivity contribution is -0.114. The molecule has 2 heterocycles. The van der Waals surface area contributed by atoms with Crippen LogP contribution in [0.5, 0.6) is 0 Å². The summed E-state index contributed by atoms with van der Waals surface area (Å²) in [5.74, 6) is 1.20. The fraction of sp³-hybridized carbons (Fsp3) is 0.600. The number of ether oxygens (including phenoxy) is 1. The van der Waals surface area contributed by atoms with Crippen LogP contribution < -0.4 is 0 Å². The summed E-state index contributed by atoms with van der Waals surface area (Å²) in [6.45, 7) is 5.82. The summed E-state index contributed by atoms with van der Waals surface area (Å²) in [7, 11) is 0. The smallest absolute Gasteiger partial charge is 0.253 e.